The second-order valence-electron chi connectivity index (χ2n) is 6.37. The lowest BCUT2D eigenvalue weighted by molar-refractivity contribution is -0.119. The number of carbonyl (C=O) groups excluding carboxylic acids is 2. The summed E-state index contributed by atoms with van der Waals surface area (Å²) in [5.74, 6) is -0.235. The molecule has 2 heterocycles. The van der Waals surface area contributed by atoms with Gasteiger partial charge < -0.3 is 4.90 Å². The van der Waals surface area contributed by atoms with Gasteiger partial charge in [0.2, 0.25) is 11.0 Å². The molecular weight excluding hydrogens is 395 g/mol. The third kappa shape index (κ3) is 4.00. The second kappa shape index (κ2) is 7.90. The summed E-state index contributed by atoms with van der Waals surface area (Å²) in [6.45, 7) is 4.55. The number of anilines is 1. The largest absolute Gasteiger partial charge is 0.327 e. The van der Waals surface area contributed by atoms with Gasteiger partial charge >= 0.3 is 0 Å². The minimum Gasteiger partial charge on any atom is -0.327 e. The van der Waals surface area contributed by atoms with Crippen molar-refractivity contribution in [3.05, 3.63) is 38.8 Å². The van der Waals surface area contributed by atoms with E-state index in [0.717, 1.165) is 11.4 Å². The summed E-state index contributed by atoms with van der Waals surface area (Å²) in [4.78, 5) is 27.0. The van der Waals surface area contributed by atoms with Crippen LogP contribution in [-0.4, -0.2) is 39.5 Å². The van der Waals surface area contributed by atoms with E-state index in [9.17, 15) is 9.59 Å². The normalized spacial score (nSPS) is 17.0. The van der Waals surface area contributed by atoms with Crippen LogP contribution in [0.25, 0.3) is 0 Å². The summed E-state index contributed by atoms with van der Waals surface area (Å²) >= 11 is 13.3. The van der Waals surface area contributed by atoms with Gasteiger partial charge in [-0.15, -0.1) is 10.2 Å². The van der Waals surface area contributed by atoms with Gasteiger partial charge in [-0.25, -0.2) is 0 Å². The second-order valence-corrected chi connectivity index (χ2v) is 8.20. The van der Waals surface area contributed by atoms with Crippen molar-refractivity contribution >= 4 is 51.5 Å². The minimum absolute atomic E-state index is 0.235. The van der Waals surface area contributed by atoms with Crippen LogP contribution in [0.4, 0.5) is 5.13 Å². The van der Waals surface area contributed by atoms with Gasteiger partial charge in [0.1, 0.15) is 11.0 Å². The van der Waals surface area contributed by atoms with Crippen LogP contribution in [0.15, 0.2) is 18.2 Å². The van der Waals surface area contributed by atoms with E-state index in [-0.39, 0.29) is 17.7 Å². The predicted octanol–water partition coefficient (Wildman–Crippen LogP) is 4.21. The molecule has 3 rings (SSSR count). The number of rotatable bonds is 4. The topological polar surface area (TPSA) is 75.2 Å². The first-order chi connectivity index (χ1) is 12.4. The Kier molecular flexibility index (Phi) is 5.79. The summed E-state index contributed by atoms with van der Waals surface area (Å²) in [6, 6.07) is 4.18. The molecule has 138 valence electrons. The van der Waals surface area contributed by atoms with Gasteiger partial charge in [-0.05, 0) is 31.0 Å². The van der Waals surface area contributed by atoms with E-state index in [1.54, 1.807) is 17.0 Å². The predicted molar refractivity (Wildman–Crippen MR) is 103 cm³/mol. The van der Waals surface area contributed by atoms with E-state index in [0.29, 0.717) is 33.7 Å². The van der Waals surface area contributed by atoms with Gasteiger partial charge in [0, 0.05) is 18.0 Å². The molecule has 2 aromatic rings. The molecule has 0 aliphatic carbocycles. The molecule has 0 radical (unpaired) electrons. The van der Waals surface area contributed by atoms with Gasteiger partial charge in [-0.2, -0.15) is 0 Å². The number of halogens is 2. The fourth-order valence-corrected chi connectivity index (χ4v) is 3.83. The number of aromatic nitrogens is 2. The number of amides is 2. The fraction of sp³-hybridized carbons (Fsp3) is 0.412. The van der Waals surface area contributed by atoms with Gasteiger partial charge in [-0.1, -0.05) is 48.4 Å². The Morgan fingerprint density at radius 3 is 2.69 bits per heavy atom. The van der Waals surface area contributed by atoms with Crippen molar-refractivity contribution in [1.82, 2.24) is 15.1 Å². The van der Waals surface area contributed by atoms with Crippen molar-refractivity contribution in [3.8, 4) is 0 Å². The van der Waals surface area contributed by atoms with Crippen molar-refractivity contribution in [2.24, 2.45) is 0 Å². The van der Waals surface area contributed by atoms with E-state index in [1.165, 1.54) is 17.4 Å². The zero-order valence-electron chi connectivity index (χ0n) is 14.3. The number of benzene rings is 1. The Balaban J connectivity index is 1.73. The van der Waals surface area contributed by atoms with Crippen LogP contribution in [0.1, 0.15) is 48.0 Å². The molecule has 1 aliphatic rings. The summed E-state index contributed by atoms with van der Waals surface area (Å²) in [6.07, 6.45) is 1.37. The lowest BCUT2D eigenvalue weighted by atomic mass is 10.1. The summed E-state index contributed by atoms with van der Waals surface area (Å²) in [5, 5.41) is 12.8. The maximum atomic E-state index is 12.8. The first-order valence-electron chi connectivity index (χ1n) is 8.27. The Morgan fingerprint density at radius 2 is 2.04 bits per heavy atom. The summed E-state index contributed by atoms with van der Waals surface area (Å²) in [5.41, 5.74) is 0.414. The molecule has 6 nitrogen and oxygen atoms in total. The summed E-state index contributed by atoms with van der Waals surface area (Å²) < 4.78 is 0. The molecule has 0 unspecified atom stereocenters. The van der Waals surface area contributed by atoms with Crippen LogP contribution < -0.4 is 5.32 Å². The monoisotopic (exact) mass is 412 g/mol. The van der Waals surface area contributed by atoms with Crippen molar-refractivity contribution < 1.29 is 9.59 Å². The Hall–Kier alpha value is -1.70. The molecule has 1 fully saturated rings. The highest BCUT2D eigenvalue weighted by Crippen LogP contribution is 2.27. The van der Waals surface area contributed by atoms with Crippen LogP contribution in [0, 0.1) is 0 Å². The first kappa shape index (κ1) is 19.1. The first-order valence-corrected chi connectivity index (χ1v) is 9.84. The van der Waals surface area contributed by atoms with Crippen LogP contribution in [0.5, 0.6) is 0 Å². The van der Waals surface area contributed by atoms with Crippen molar-refractivity contribution in [2.75, 3.05) is 11.9 Å². The molecule has 1 aromatic carbocycles. The smallest absolute Gasteiger partial charge is 0.254 e. The van der Waals surface area contributed by atoms with E-state index in [2.05, 4.69) is 15.5 Å². The van der Waals surface area contributed by atoms with Gasteiger partial charge in [-0.3, -0.25) is 14.9 Å². The maximum absolute atomic E-state index is 12.8. The Bertz CT molecular complexity index is 840. The molecular formula is C17H18Cl2N4O2S. The molecule has 0 spiro atoms. The molecule has 0 saturated carbocycles. The minimum atomic E-state index is -0.539. The molecule has 1 N–H and O–H groups in total. The third-order valence-corrected chi connectivity index (χ3v) is 6.03. The molecule has 1 aromatic heterocycles. The Labute approximate surface area is 165 Å². The highest BCUT2D eigenvalue weighted by atomic mass is 35.5. The fourth-order valence-electron chi connectivity index (χ4n) is 2.78. The van der Waals surface area contributed by atoms with Crippen LogP contribution in [0.3, 0.4) is 0 Å². The highest BCUT2D eigenvalue weighted by molar-refractivity contribution is 7.15. The average molecular weight is 413 g/mol. The molecule has 26 heavy (non-hydrogen) atoms. The zero-order valence-corrected chi connectivity index (χ0v) is 16.7. The number of likely N-dealkylation sites (tertiary alicyclic amines) is 1. The Morgan fingerprint density at radius 1 is 1.27 bits per heavy atom. The molecule has 2 amide bonds. The quantitative estimate of drug-likeness (QED) is 0.815. The standard InChI is InChI=1S/C17H18Cl2N4O2S/c1-9(2)15-21-22-17(26-15)20-14(24)13-4-3-7-23(13)16(25)10-5-6-11(18)12(19)8-10/h5-6,8-9,13H,3-4,7H2,1-2H3,(H,20,22,24)/t13-/m1/s1. The zero-order chi connectivity index (χ0) is 18.8. The van der Waals surface area contributed by atoms with Crippen LogP contribution in [0.2, 0.25) is 10.0 Å². The van der Waals surface area contributed by atoms with Gasteiger partial charge in [0.15, 0.2) is 0 Å². The van der Waals surface area contributed by atoms with Gasteiger partial charge in [0.25, 0.3) is 5.91 Å². The number of nitrogens with zero attached hydrogens (tertiary/aromatic N) is 3. The lowest BCUT2D eigenvalue weighted by Crippen LogP contribution is -2.43. The lowest BCUT2D eigenvalue weighted by Gasteiger charge is -2.23. The molecule has 9 heteroatoms. The summed E-state index contributed by atoms with van der Waals surface area (Å²) in [7, 11) is 0. The number of hydrogen-bond donors (Lipinski definition) is 1. The van der Waals surface area contributed by atoms with Crippen LogP contribution >= 0.6 is 34.5 Å². The van der Waals surface area contributed by atoms with E-state index >= 15 is 0 Å². The van der Waals surface area contributed by atoms with Gasteiger partial charge in [0.05, 0.1) is 10.0 Å². The van der Waals surface area contributed by atoms with E-state index < -0.39 is 6.04 Å². The number of hydrogen-bond acceptors (Lipinski definition) is 5. The molecule has 1 aliphatic heterocycles. The van der Waals surface area contributed by atoms with Crippen molar-refractivity contribution in [3.63, 3.8) is 0 Å². The third-order valence-electron chi connectivity index (χ3n) is 4.15. The molecule has 0 bridgehead atoms. The SMILES string of the molecule is CC(C)c1nnc(NC(=O)[C@H]2CCCN2C(=O)c2ccc(Cl)c(Cl)c2)s1. The van der Waals surface area contributed by atoms with Crippen LogP contribution in [-0.2, 0) is 4.79 Å². The van der Waals surface area contributed by atoms with Crippen molar-refractivity contribution in [1.29, 1.82) is 0 Å². The number of carbonyl (C=O) groups is 2. The van der Waals surface area contributed by atoms with E-state index in [4.69, 9.17) is 23.2 Å². The molecule has 1 atom stereocenters. The average Bonchev–Trinajstić information content (AvgIpc) is 3.25. The highest BCUT2D eigenvalue weighted by Gasteiger charge is 2.35. The van der Waals surface area contributed by atoms with Crippen molar-refractivity contribution in [2.45, 2.75) is 38.6 Å². The molecule has 1 saturated heterocycles. The number of nitrogens with one attached hydrogen (secondary N) is 1. The maximum Gasteiger partial charge on any atom is 0.254 e. The van der Waals surface area contributed by atoms with E-state index in [1.807, 2.05) is 13.8 Å².